The van der Waals surface area contributed by atoms with Crippen LogP contribution in [0.5, 0.6) is 0 Å². The number of nitrogens with one attached hydrogen (secondary N) is 1. The molecule has 0 bridgehead atoms. The van der Waals surface area contributed by atoms with E-state index < -0.39 is 6.04 Å². The molecule has 29 heavy (non-hydrogen) atoms. The van der Waals surface area contributed by atoms with E-state index in [1.165, 1.54) is 5.56 Å². The predicted molar refractivity (Wildman–Crippen MR) is 119 cm³/mol. The van der Waals surface area contributed by atoms with Gasteiger partial charge in [0.15, 0.2) is 0 Å². The summed E-state index contributed by atoms with van der Waals surface area (Å²) in [6.07, 6.45) is 2.01. The zero-order chi connectivity index (χ0) is 21.4. The molecule has 0 fully saturated rings. The number of halogens is 1. The van der Waals surface area contributed by atoms with E-state index in [0.717, 1.165) is 17.5 Å². The highest BCUT2D eigenvalue weighted by molar-refractivity contribution is 6.30. The molecule has 2 aromatic carbocycles. The van der Waals surface area contributed by atoms with E-state index in [1.807, 2.05) is 26.0 Å². The van der Waals surface area contributed by atoms with Crippen LogP contribution in [-0.2, 0) is 29.0 Å². The maximum absolute atomic E-state index is 13.1. The molecule has 0 spiro atoms. The Kier molecular flexibility index (Phi) is 8.71. The number of hydrogen-bond acceptors (Lipinski definition) is 2. The molecule has 0 aromatic heterocycles. The summed E-state index contributed by atoms with van der Waals surface area (Å²) >= 11 is 5.98. The van der Waals surface area contributed by atoms with Gasteiger partial charge in [-0.05, 0) is 62.4 Å². The van der Waals surface area contributed by atoms with Crippen LogP contribution < -0.4 is 5.32 Å². The van der Waals surface area contributed by atoms with E-state index in [2.05, 4.69) is 36.5 Å². The van der Waals surface area contributed by atoms with Gasteiger partial charge >= 0.3 is 0 Å². The molecule has 0 saturated carbocycles. The summed E-state index contributed by atoms with van der Waals surface area (Å²) in [6.45, 7) is 8.10. The Morgan fingerprint density at radius 3 is 2.03 bits per heavy atom. The van der Waals surface area contributed by atoms with E-state index in [9.17, 15) is 9.59 Å². The summed E-state index contributed by atoms with van der Waals surface area (Å²) in [5, 5.41) is 3.55. The van der Waals surface area contributed by atoms with Gasteiger partial charge in [-0.15, -0.1) is 0 Å². The fourth-order valence-electron chi connectivity index (χ4n) is 3.11. The van der Waals surface area contributed by atoms with Gasteiger partial charge in [0.05, 0.1) is 0 Å². The molecular formula is C24H31ClN2O2. The quantitative estimate of drug-likeness (QED) is 0.642. The van der Waals surface area contributed by atoms with Crippen molar-refractivity contribution in [3.63, 3.8) is 0 Å². The number of amides is 2. The van der Waals surface area contributed by atoms with Crippen molar-refractivity contribution in [1.82, 2.24) is 10.2 Å². The first-order valence-electron chi connectivity index (χ1n) is 10.2. The van der Waals surface area contributed by atoms with Crippen LogP contribution in [0.25, 0.3) is 0 Å². The van der Waals surface area contributed by atoms with Gasteiger partial charge in [0, 0.05) is 24.0 Å². The van der Waals surface area contributed by atoms with Crippen LogP contribution in [0.3, 0.4) is 0 Å². The first kappa shape index (κ1) is 23.0. The number of rotatable bonds is 9. The number of nitrogens with zero attached hydrogens (tertiary/aromatic N) is 1. The van der Waals surface area contributed by atoms with Crippen LogP contribution in [0.2, 0.25) is 5.02 Å². The van der Waals surface area contributed by atoms with E-state index in [1.54, 1.807) is 24.0 Å². The molecule has 0 heterocycles. The van der Waals surface area contributed by atoms with Crippen LogP contribution in [-0.4, -0.2) is 28.8 Å². The van der Waals surface area contributed by atoms with Gasteiger partial charge in [-0.2, -0.15) is 0 Å². The van der Waals surface area contributed by atoms with Crippen LogP contribution >= 0.6 is 11.6 Å². The molecule has 0 saturated heterocycles. The van der Waals surface area contributed by atoms with Crippen molar-refractivity contribution in [3.8, 4) is 0 Å². The van der Waals surface area contributed by atoms with Gasteiger partial charge in [-0.25, -0.2) is 0 Å². The van der Waals surface area contributed by atoms with Crippen molar-refractivity contribution in [2.75, 3.05) is 0 Å². The summed E-state index contributed by atoms with van der Waals surface area (Å²) in [4.78, 5) is 27.3. The number of carbonyl (C=O) groups is 2. The average Bonchev–Trinajstić information content (AvgIpc) is 2.71. The predicted octanol–water partition coefficient (Wildman–Crippen LogP) is 4.78. The third-order valence-corrected chi connectivity index (χ3v) is 5.18. The largest absolute Gasteiger partial charge is 0.352 e. The maximum Gasteiger partial charge on any atom is 0.242 e. The molecule has 5 heteroatoms. The number of benzene rings is 2. The molecule has 0 aliphatic heterocycles. The molecule has 2 amide bonds. The molecule has 0 aliphatic carbocycles. The Labute approximate surface area is 179 Å². The van der Waals surface area contributed by atoms with Crippen LogP contribution in [0.4, 0.5) is 0 Å². The lowest BCUT2D eigenvalue weighted by molar-refractivity contribution is -0.140. The third-order valence-electron chi connectivity index (χ3n) is 4.92. The third kappa shape index (κ3) is 7.21. The van der Waals surface area contributed by atoms with E-state index in [4.69, 9.17) is 11.6 Å². The minimum absolute atomic E-state index is 0.0227. The van der Waals surface area contributed by atoms with Crippen molar-refractivity contribution in [3.05, 3.63) is 70.2 Å². The van der Waals surface area contributed by atoms with Crippen molar-refractivity contribution in [1.29, 1.82) is 0 Å². The van der Waals surface area contributed by atoms with Crippen LogP contribution in [0.1, 0.15) is 50.8 Å². The molecule has 1 atom stereocenters. The first-order chi connectivity index (χ1) is 13.8. The zero-order valence-electron chi connectivity index (χ0n) is 17.7. The van der Waals surface area contributed by atoms with Crippen molar-refractivity contribution < 1.29 is 9.59 Å². The monoisotopic (exact) mass is 414 g/mol. The Balaban J connectivity index is 2.11. The lowest BCUT2D eigenvalue weighted by Crippen LogP contribution is -2.49. The minimum atomic E-state index is -0.553. The van der Waals surface area contributed by atoms with Crippen molar-refractivity contribution in [2.45, 2.75) is 65.6 Å². The van der Waals surface area contributed by atoms with E-state index in [0.29, 0.717) is 24.4 Å². The second kappa shape index (κ2) is 11.0. The Bertz CT molecular complexity index is 801. The van der Waals surface area contributed by atoms with Gasteiger partial charge in [0.25, 0.3) is 0 Å². The highest BCUT2D eigenvalue weighted by Crippen LogP contribution is 2.16. The van der Waals surface area contributed by atoms with Gasteiger partial charge in [-0.1, -0.05) is 54.9 Å². The molecule has 0 aliphatic rings. The van der Waals surface area contributed by atoms with Gasteiger partial charge in [0.1, 0.15) is 6.04 Å². The maximum atomic E-state index is 13.1. The topological polar surface area (TPSA) is 49.4 Å². The van der Waals surface area contributed by atoms with Crippen molar-refractivity contribution >= 4 is 23.4 Å². The molecule has 0 radical (unpaired) electrons. The smallest absolute Gasteiger partial charge is 0.242 e. The summed E-state index contributed by atoms with van der Waals surface area (Å²) in [7, 11) is 0. The minimum Gasteiger partial charge on any atom is -0.352 e. The van der Waals surface area contributed by atoms with Gasteiger partial charge in [0.2, 0.25) is 11.8 Å². The van der Waals surface area contributed by atoms with E-state index >= 15 is 0 Å². The summed E-state index contributed by atoms with van der Waals surface area (Å²) in [6, 6.07) is 15.2. The Morgan fingerprint density at radius 2 is 1.48 bits per heavy atom. The lowest BCUT2D eigenvalue weighted by atomic mass is 10.0. The number of carbonyl (C=O) groups excluding carboxylic acids is 2. The van der Waals surface area contributed by atoms with Gasteiger partial charge < -0.3 is 10.2 Å². The highest BCUT2D eigenvalue weighted by atomic mass is 35.5. The summed E-state index contributed by atoms with van der Waals surface area (Å²) in [5.41, 5.74) is 3.35. The lowest BCUT2D eigenvalue weighted by Gasteiger charge is -2.29. The fourth-order valence-corrected chi connectivity index (χ4v) is 3.24. The average molecular weight is 415 g/mol. The van der Waals surface area contributed by atoms with Crippen LogP contribution in [0, 0.1) is 0 Å². The fraction of sp³-hybridized carbons (Fsp3) is 0.417. The highest BCUT2D eigenvalue weighted by Gasteiger charge is 2.26. The molecular weight excluding hydrogens is 384 g/mol. The number of hydrogen-bond donors (Lipinski definition) is 1. The zero-order valence-corrected chi connectivity index (χ0v) is 18.5. The normalized spacial score (nSPS) is 11.9. The molecule has 1 unspecified atom stereocenters. The SMILES string of the molecule is CCc1ccc(CCC(=O)N(Cc2ccc(Cl)cc2)C(C)C(=O)NC(C)C)cc1. The summed E-state index contributed by atoms with van der Waals surface area (Å²) in [5.74, 6) is -0.180. The second-order valence-electron chi connectivity index (χ2n) is 7.66. The molecule has 4 nitrogen and oxygen atoms in total. The Morgan fingerprint density at radius 1 is 0.931 bits per heavy atom. The molecule has 1 N–H and O–H groups in total. The summed E-state index contributed by atoms with van der Waals surface area (Å²) < 4.78 is 0. The standard InChI is InChI=1S/C24H31ClN2O2/c1-5-19-6-8-20(9-7-19)12-15-23(28)27(18(4)24(29)26-17(2)3)16-21-10-13-22(25)14-11-21/h6-11,13-14,17-18H,5,12,15-16H2,1-4H3,(H,26,29). The number of aryl methyl sites for hydroxylation is 2. The van der Waals surface area contributed by atoms with Gasteiger partial charge in [-0.3, -0.25) is 9.59 Å². The molecule has 2 rings (SSSR count). The van der Waals surface area contributed by atoms with E-state index in [-0.39, 0.29) is 17.9 Å². The molecule has 156 valence electrons. The molecule has 2 aromatic rings. The second-order valence-corrected chi connectivity index (χ2v) is 8.09. The van der Waals surface area contributed by atoms with Crippen molar-refractivity contribution in [2.24, 2.45) is 0 Å². The Hall–Kier alpha value is -2.33. The first-order valence-corrected chi connectivity index (χ1v) is 10.6. The van der Waals surface area contributed by atoms with Crippen LogP contribution in [0.15, 0.2) is 48.5 Å².